The molecule has 0 aromatic heterocycles. The Hall–Kier alpha value is -7.71. The van der Waals surface area contributed by atoms with Crippen molar-refractivity contribution in [3.63, 3.8) is 0 Å². The molecule has 3 aromatic rings. The monoisotopic (exact) mass is 1140 g/mol. The van der Waals surface area contributed by atoms with Crippen LogP contribution in [0.1, 0.15) is 111 Å². The van der Waals surface area contributed by atoms with Gasteiger partial charge in [0.05, 0.1) is 26.7 Å². The molecule has 0 aliphatic carbocycles. The molecule has 3 N–H and O–H groups in total. The molecule has 0 bridgehead atoms. The minimum absolute atomic E-state index is 0.0597. The van der Waals surface area contributed by atoms with Crippen molar-refractivity contribution in [2.75, 3.05) is 56.0 Å². The summed E-state index contributed by atoms with van der Waals surface area (Å²) in [6.07, 6.45) is -0.775. The van der Waals surface area contributed by atoms with Crippen molar-refractivity contribution in [3.05, 3.63) is 95.6 Å². The molecular formula is C61H88N8O13. The third-order valence-electron chi connectivity index (χ3n) is 15.1. The predicted octanol–water partition coefficient (Wildman–Crippen LogP) is 5.63. The molecule has 0 saturated carbocycles. The highest BCUT2D eigenvalue weighted by molar-refractivity contribution is 5.98. The van der Waals surface area contributed by atoms with Crippen LogP contribution in [0.3, 0.4) is 0 Å². The smallest absolute Gasteiger partial charge is 0.408 e. The van der Waals surface area contributed by atoms with Gasteiger partial charge in [0, 0.05) is 48.2 Å². The van der Waals surface area contributed by atoms with Crippen molar-refractivity contribution in [1.29, 1.82) is 0 Å². The van der Waals surface area contributed by atoms with E-state index in [1.165, 1.54) is 76.0 Å². The number of methoxy groups -OCH3 is 2. The topological polar surface area (TPSA) is 245 Å². The lowest BCUT2D eigenvalue weighted by molar-refractivity contribution is -0.158. The molecular weight excluding hydrogens is 1050 g/mol. The van der Waals surface area contributed by atoms with Crippen molar-refractivity contribution in [1.82, 2.24) is 40.0 Å². The highest BCUT2D eigenvalue weighted by Gasteiger charge is 2.47. The van der Waals surface area contributed by atoms with Crippen LogP contribution in [-0.4, -0.2) is 192 Å². The number of hydrogen-bond acceptors (Lipinski definition) is 12. The van der Waals surface area contributed by atoms with Gasteiger partial charge in [-0.15, -0.1) is 0 Å². The molecule has 1 aliphatic heterocycles. The van der Waals surface area contributed by atoms with Gasteiger partial charge >= 0.3 is 12.1 Å². The Labute approximate surface area is 483 Å². The molecule has 0 spiro atoms. The van der Waals surface area contributed by atoms with E-state index in [1.807, 2.05) is 30.3 Å². The van der Waals surface area contributed by atoms with Crippen LogP contribution in [0.2, 0.25) is 0 Å². The predicted molar refractivity (Wildman–Crippen MR) is 309 cm³/mol. The summed E-state index contributed by atoms with van der Waals surface area (Å²) in [6, 6.07) is 13.8. The molecule has 4 rings (SSSR count). The number of likely N-dealkylation sites (N-methyl/N-ethyl adjacent to an activating group) is 5. The summed E-state index contributed by atoms with van der Waals surface area (Å²) < 4.78 is 16.2. The van der Waals surface area contributed by atoms with E-state index in [0.717, 1.165) is 15.4 Å². The van der Waals surface area contributed by atoms with Gasteiger partial charge in [-0.3, -0.25) is 33.6 Å². The third kappa shape index (κ3) is 16.9. The van der Waals surface area contributed by atoms with E-state index < -0.39 is 132 Å². The Balaban J connectivity index is 1.67. The van der Waals surface area contributed by atoms with E-state index in [2.05, 4.69) is 10.6 Å². The number of alkyl carbamates (subject to hydrolysis) is 1. The van der Waals surface area contributed by atoms with Gasteiger partial charge in [-0.2, -0.15) is 0 Å². The minimum atomic E-state index is -1.54. The maximum Gasteiger partial charge on any atom is 0.408 e. The van der Waals surface area contributed by atoms with Crippen LogP contribution in [0, 0.1) is 17.8 Å². The number of ether oxygens (including phenoxy) is 3. The fraction of sp³-hybridized carbons (Fsp3) is 0.557. The number of likely N-dealkylation sites (tertiary alicyclic amines) is 1. The molecule has 3 aromatic carbocycles. The summed E-state index contributed by atoms with van der Waals surface area (Å²) in [5.41, 5.74) is 1.22. The number of carbonyl (C=O) groups excluding carboxylic acids is 8. The molecule has 7 unspecified atom stereocenters. The van der Waals surface area contributed by atoms with E-state index >= 15 is 14.4 Å². The number of rotatable bonds is 25. The minimum Gasteiger partial charge on any atom is -0.497 e. The van der Waals surface area contributed by atoms with Gasteiger partial charge in [-0.25, -0.2) is 9.59 Å². The Morgan fingerprint density at radius 1 is 0.610 bits per heavy atom. The SMILES string of the molecule is COc1ccc(C(NC(=O)CC(C(=O)N(C)C(C)C(=O)O)N(C)C(=O)C2CCCN2C(=O)C(C(C)C)N(C)C(=O)C(C(C)C)N(C)C(=O)C(Cc2ccccc2)N(C)C(=O)C(NC(=O)OC(C)(C)C)C(C)C)c2ccc(OC)cc2)cc1. The van der Waals surface area contributed by atoms with Crippen LogP contribution in [0.15, 0.2) is 78.9 Å². The maximum atomic E-state index is 15.1. The lowest BCUT2D eigenvalue weighted by Crippen LogP contribution is -2.62. The average molecular weight is 1140 g/mol. The Morgan fingerprint density at radius 2 is 1.11 bits per heavy atom. The molecule has 0 radical (unpaired) electrons. The first-order chi connectivity index (χ1) is 38.4. The summed E-state index contributed by atoms with van der Waals surface area (Å²) in [4.78, 5) is 136. The summed E-state index contributed by atoms with van der Waals surface area (Å²) in [6.45, 7) is 17.1. The van der Waals surface area contributed by atoms with Crippen LogP contribution in [0.4, 0.5) is 4.79 Å². The van der Waals surface area contributed by atoms with E-state index in [1.54, 1.807) is 111 Å². The van der Waals surface area contributed by atoms with Crippen LogP contribution in [0.25, 0.3) is 0 Å². The number of hydrogen-bond donors (Lipinski definition) is 3. The second kappa shape index (κ2) is 29.3. The van der Waals surface area contributed by atoms with Gasteiger partial charge in [0.1, 0.15) is 59.4 Å². The molecule has 450 valence electrons. The fourth-order valence-corrected chi connectivity index (χ4v) is 10.2. The molecule has 1 aliphatic rings. The van der Waals surface area contributed by atoms with Gasteiger partial charge in [-0.05, 0) is 99.2 Å². The van der Waals surface area contributed by atoms with E-state index in [4.69, 9.17) is 14.2 Å². The number of carbonyl (C=O) groups is 9. The molecule has 21 nitrogen and oxygen atoms in total. The largest absolute Gasteiger partial charge is 0.497 e. The quantitative estimate of drug-likeness (QED) is 0.0932. The first kappa shape index (κ1) is 66.8. The Morgan fingerprint density at radius 3 is 1.57 bits per heavy atom. The van der Waals surface area contributed by atoms with Gasteiger partial charge in [-0.1, -0.05) is 96.1 Å². The van der Waals surface area contributed by atoms with Crippen molar-refractivity contribution in [2.45, 2.75) is 149 Å². The molecule has 21 heteroatoms. The number of benzene rings is 3. The van der Waals surface area contributed by atoms with E-state index in [0.29, 0.717) is 29.0 Å². The number of nitrogens with one attached hydrogen (secondary N) is 2. The average Bonchev–Trinajstić information content (AvgIpc) is 4.12. The zero-order valence-corrected chi connectivity index (χ0v) is 50.9. The number of amides is 8. The zero-order valence-electron chi connectivity index (χ0n) is 50.9. The van der Waals surface area contributed by atoms with Crippen LogP contribution in [0.5, 0.6) is 11.5 Å². The standard InChI is InChI=1S/C61H88N8O13/c1-36(2)49(63-60(79)82-61(8,9)10)56(74)66(13)46(34-40-22-19-18-20-23-40)55(73)67(14)51(37(3)4)57(75)68(15)52(38(5)6)58(76)69-33-21-24-45(69)53(71)65(12)47(54(72)64(11)39(7)59(77)78)35-48(70)62-50(41-25-29-43(80-16)30-26-41)42-27-31-44(81-17)32-28-42/h18-20,22-23,25-32,36-39,45-47,49-52H,21,24,33-35H2,1-17H3,(H,62,70)(H,63,79)(H,77,78). The number of carboxylic acids is 1. The number of nitrogens with zero attached hydrogens (tertiary/aromatic N) is 6. The van der Waals surface area contributed by atoms with Crippen molar-refractivity contribution in [3.8, 4) is 11.5 Å². The molecule has 7 atom stereocenters. The first-order valence-electron chi connectivity index (χ1n) is 27.8. The third-order valence-corrected chi connectivity index (χ3v) is 15.1. The maximum absolute atomic E-state index is 15.1. The highest BCUT2D eigenvalue weighted by atomic mass is 16.6. The molecule has 1 saturated heterocycles. The van der Waals surface area contributed by atoms with Gasteiger partial charge in [0.25, 0.3) is 0 Å². The number of aliphatic carboxylic acids is 1. The van der Waals surface area contributed by atoms with Crippen LogP contribution >= 0.6 is 0 Å². The highest BCUT2D eigenvalue weighted by Crippen LogP contribution is 2.30. The van der Waals surface area contributed by atoms with Crippen LogP contribution in [-0.2, 0) is 49.5 Å². The summed E-state index contributed by atoms with van der Waals surface area (Å²) in [7, 11) is 10.1. The van der Waals surface area contributed by atoms with Crippen molar-refractivity contribution < 1.29 is 62.5 Å². The number of carboxylic acid groups (broad SMARTS) is 1. The lowest BCUT2D eigenvalue weighted by atomic mass is 9.95. The molecule has 82 heavy (non-hydrogen) atoms. The second-order valence-corrected chi connectivity index (χ2v) is 23.2. The van der Waals surface area contributed by atoms with Gasteiger partial charge in [0.15, 0.2) is 0 Å². The van der Waals surface area contributed by atoms with Crippen molar-refractivity contribution in [2.24, 2.45) is 17.8 Å². The summed E-state index contributed by atoms with van der Waals surface area (Å²) in [5.74, 6) is -6.03. The summed E-state index contributed by atoms with van der Waals surface area (Å²) in [5, 5.41) is 15.6. The Kier molecular flexibility index (Phi) is 23.9. The van der Waals surface area contributed by atoms with E-state index in [-0.39, 0.29) is 19.4 Å². The fourth-order valence-electron chi connectivity index (χ4n) is 10.2. The first-order valence-corrected chi connectivity index (χ1v) is 27.8. The second-order valence-electron chi connectivity index (χ2n) is 23.2. The molecule has 1 fully saturated rings. The summed E-state index contributed by atoms with van der Waals surface area (Å²) >= 11 is 0. The van der Waals surface area contributed by atoms with Crippen LogP contribution < -0.4 is 20.1 Å². The normalized spacial score (nSPS) is 15.6. The van der Waals surface area contributed by atoms with E-state index in [9.17, 15) is 33.9 Å². The lowest BCUT2D eigenvalue weighted by Gasteiger charge is -2.41. The molecule has 8 amide bonds. The molecule has 1 heterocycles. The Bertz CT molecular complexity index is 2650. The van der Waals surface area contributed by atoms with Gasteiger partial charge < -0.3 is 59.4 Å². The zero-order chi connectivity index (χ0) is 61.7. The van der Waals surface area contributed by atoms with Crippen molar-refractivity contribution >= 4 is 53.4 Å². The van der Waals surface area contributed by atoms with Gasteiger partial charge in [0.2, 0.25) is 41.4 Å².